The monoisotopic (exact) mass is 166 g/mol. The lowest BCUT2D eigenvalue weighted by Gasteiger charge is -1.82. The molecule has 12 heavy (non-hydrogen) atoms. The van der Waals surface area contributed by atoms with Gasteiger partial charge in [0, 0.05) is 12.7 Å². The summed E-state index contributed by atoms with van der Waals surface area (Å²) in [5.41, 5.74) is 6.23. The molecule has 4 heteroatoms. The molecule has 0 spiro atoms. The van der Waals surface area contributed by atoms with E-state index in [1.165, 1.54) is 0 Å². The molecule has 0 aliphatic carbocycles. The minimum Gasteiger partial charge on any atom is -0.477 e. The van der Waals surface area contributed by atoms with E-state index >= 15 is 0 Å². The Hall–Kier alpha value is -1.55. The number of rotatable bonds is 3. The molecule has 0 bridgehead atoms. The highest BCUT2D eigenvalue weighted by atomic mass is 16.4. The average molecular weight is 166 g/mol. The minimum atomic E-state index is -0.956. The molecule has 4 N–H and O–H groups in total. The van der Waals surface area contributed by atoms with E-state index in [2.05, 4.69) is 4.98 Å². The fourth-order valence-electron chi connectivity index (χ4n) is 0.835. The number of hydrogen-bond donors (Lipinski definition) is 3. The number of hydrogen-bond acceptors (Lipinski definition) is 2. The smallest absolute Gasteiger partial charge is 0.352 e. The van der Waals surface area contributed by atoms with Crippen molar-refractivity contribution in [3.05, 3.63) is 29.6 Å². The number of carbonyl (C=O) groups is 1. The van der Waals surface area contributed by atoms with Crippen LogP contribution in [0.2, 0.25) is 0 Å². The quantitative estimate of drug-likeness (QED) is 0.618. The largest absolute Gasteiger partial charge is 0.477 e. The van der Waals surface area contributed by atoms with Gasteiger partial charge in [0.15, 0.2) is 0 Å². The Morgan fingerprint density at radius 1 is 1.75 bits per heavy atom. The summed E-state index contributed by atoms with van der Waals surface area (Å²) in [6, 6.07) is 1.55. The van der Waals surface area contributed by atoms with Gasteiger partial charge in [-0.1, -0.05) is 12.2 Å². The van der Waals surface area contributed by atoms with Gasteiger partial charge in [-0.2, -0.15) is 0 Å². The van der Waals surface area contributed by atoms with E-state index in [4.69, 9.17) is 10.8 Å². The second-order valence-electron chi connectivity index (χ2n) is 2.29. The molecular weight excluding hydrogens is 156 g/mol. The van der Waals surface area contributed by atoms with Gasteiger partial charge in [0.25, 0.3) is 0 Å². The molecule has 1 aromatic heterocycles. The molecule has 4 nitrogen and oxygen atoms in total. The topological polar surface area (TPSA) is 79.1 Å². The lowest BCUT2D eigenvalue weighted by atomic mass is 10.3. The third-order valence-corrected chi connectivity index (χ3v) is 1.38. The Labute approximate surface area is 69.7 Å². The second kappa shape index (κ2) is 3.73. The van der Waals surface area contributed by atoms with Crippen molar-refractivity contribution in [2.24, 2.45) is 5.73 Å². The first-order valence-corrected chi connectivity index (χ1v) is 3.52. The van der Waals surface area contributed by atoms with Crippen LogP contribution in [0, 0.1) is 0 Å². The summed E-state index contributed by atoms with van der Waals surface area (Å²) in [4.78, 5) is 13.0. The van der Waals surface area contributed by atoms with Crippen molar-refractivity contribution in [1.82, 2.24) is 4.98 Å². The highest BCUT2D eigenvalue weighted by molar-refractivity contribution is 5.86. The summed E-state index contributed by atoms with van der Waals surface area (Å²) in [6.45, 7) is 0.452. The second-order valence-corrected chi connectivity index (χ2v) is 2.29. The van der Waals surface area contributed by atoms with Crippen molar-refractivity contribution in [2.45, 2.75) is 0 Å². The van der Waals surface area contributed by atoms with Crippen LogP contribution in [0.4, 0.5) is 0 Å². The number of aromatic carboxylic acids is 1. The minimum absolute atomic E-state index is 0.187. The summed E-state index contributed by atoms with van der Waals surface area (Å²) >= 11 is 0. The maximum atomic E-state index is 10.4. The van der Waals surface area contributed by atoms with Crippen LogP contribution in [0.15, 0.2) is 18.3 Å². The fourth-order valence-corrected chi connectivity index (χ4v) is 0.835. The molecular formula is C8H10N2O2. The Morgan fingerprint density at radius 2 is 2.50 bits per heavy atom. The first kappa shape index (κ1) is 8.55. The van der Waals surface area contributed by atoms with Crippen molar-refractivity contribution in [3.8, 4) is 0 Å². The molecule has 1 aromatic rings. The third kappa shape index (κ3) is 1.96. The van der Waals surface area contributed by atoms with Crippen LogP contribution in [-0.2, 0) is 0 Å². The van der Waals surface area contributed by atoms with Crippen LogP contribution in [0.25, 0.3) is 6.08 Å². The van der Waals surface area contributed by atoms with E-state index in [0.717, 1.165) is 5.56 Å². The highest BCUT2D eigenvalue weighted by Crippen LogP contribution is 2.04. The number of aromatic amines is 1. The van der Waals surface area contributed by atoms with E-state index in [1.807, 2.05) is 0 Å². The van der Waals surface area contributed by atoms with E-state index in [1.54, 1.807) is 24.4 Å². The van der Waals surface area contributed by atoms with Crippen LogP contribution in [0.3, 0.4) is 0 Å². The van der Waals surface area contributed by atoms with Crippen molar-refractivity contribution >= 4 is 12.0 Å². The summed E-state index contributed by atoms with van der Waals surface area (Å²) in [5.74, 6) is -0.956. The molecule has 1 heterocycles. The molecule has 0 atom stereocenters. The van der Waals surface area contributed by atoms with Crippen LogP contribution < -0.4 is 5.73 Å². The van der Waals surface area contributed by atoms with Crippen molar-refractivity contribution in [3.63, 3.8) is 0 Å². The number of carboxylic acid groups (broad SMARTS) is 1. The number of nitrogens with two attached hydrogens (primary N) is 1. The summed E-state index contributed by atoms with van der Waals surface area (Å²) in [6.07, 6.45) is 5.15. The van der Waals surface area contributed by atoms with Crippen molar-refractivity contribution in [2.75, 3.05) is 6.54 Å². The Bertz CT molecular complexity index is 302. The molecule has 0 aromatic carbocycles. The Morgan fingerprint density at radius 3 is 3.00 bits per heavy atom. The van der Waals surface area contributed by atoms with Crippen LogP contribution >= 0.6 is 0 Å². The summed E-state index contributed by atoms with van der Waals surface area (Å²) < 4.78 is 0. The Kier molecular flexibility index (Phi) is 2.66. The van der Waals surface area contributed by atoms with Gasteiger partial charge in [0.1, 0.15) is 5.69 Å². The van der Waals surface area contributed by atoms with E-state index in [0.29, 0.717) is 6.54 Å². The zero-order chi connectivity index (χ0) is 8.97. The van der Waals surface area contributed by atoms with Crippen LogP contribution in [0.5, 0.6) is 0 Å². The molecule has 0 radical (unpaired) electrons. The van der Waals surface area contributed by atoms with Gasteiger partial charge in [-0.15, -0.1) is 0 Å². The summed E-state index contributed by atoms with van der Waals surface area (Å²) in [7, 11) is 0. The molecule has 1 rings (SSSR count). The van der Waals surface area contributed by atoms with Crippen LogP contribution in [0.1, 0.15) is 16.1 Å². The lowest BCUT2D eigenvalue weighted by molar-refractivity contribution is 0.0691. The van der Waals surface area contributed by atoms with Gasteiger partial charge in [-0.05, 0) is 11.6 Å². The maximum absolute atomic E-state index is 10.4. The zero-order valence-corrected chi connectivity index (χ0v) is 6.45. The third-order valence-electron chi connectivity index (χ3n) is 1.38. The average Bonchev–Trinajstić information content (AvgIpc) is 2.48. The van der Waals surface area contributed by atoms with Gasteiger partial charge in [0.2, 0.25) is 0 Å². The van der Waals surface area contributed by atoms with Crippen LogP contribution in [-0.4, -0.2) is 22.6 Å². The van der Waals surface area contributed by atoms with Gasteiger partial charge >= 0.3 is 5.97 Å². The molecule has 0 saturated carbocycles. The van der Waals surface area contributed by atoms with E-state index in [9.17, 15) is 4.79 Å². The number of carboxylic acids is 1. The highest BCUT2D eigenvalue weighted by Gasteiger charge is 2.02. The summed E-state index contributed by atoms with van der Waals surface area (Å²) in [5, 5.41) is 8.54. The number of nitrogens with one attached hydrogen (secondary N) is 1. The predicted octanol–water partition coefficient (Wildman–Crippen LogP) is 0.685. The van der Waals surface area contributed by atoms with Crippen molar-refractivity contribution in [1.29, 1.82) is 0 Å². The first-order chi connectivity index (χ1) is 5.74. The van der Waals surface area contributed by atoms with E-state index in [-0.39, 0.29) is 5.69 Å². The Balaban J connectivity index is 2.77. The SMILES string of the molecule is NCC=Cc1c[nH]c(C(=O)O)c1. The first-order valence-electron chi connectivity index (χ1n) is 3.52. The van der Waals surface area contributed by atoms with Gasteiger partial charge < -0.3 is 15.8 Å². The number of H-pyrrole nitrogens is 1. The van der Waals surface area contributed by atoms with Gasteiger partial charge in [-0.3, -0.25) is 0 Å². The predicted molar refractivity (Wildman–Crippen MR) is 45.8 cm³/mol. The maximum Gasteiger partial charge on any atom is 0.352 e. The molecule has 0 amide bonds. The molecule has 0 saturated heterocycles. The molecule has 0 aliphatic heterocycles. The molecule has 64 valence electrons. The van der Waals surface area contributed by atoms with E-state index < -0.39 is 5.97 Å². The number of aromatic nitrogens is 1. The molecule has 0 unspecified atom stereocenters. The lowest BCUT2D eigenvalue weighted by Crippen LogP contribution is -1.94. The zero-order valence-electron chi connectivity index (χ0n) is 6.45. The normalized spacial score (nSPS) is 10.8. The fraction of sp³-hybridized carbons (Fsp3) is 0.125. The molecule has 0 fully saturated rings. The van der Waals surface area contributed by atoms with Gasteiger partial charge in [-0.25, -0.2) is 4.79 Å². The van der Waals surface area contributed by atoms with Crippen molar-refractivity contribution < 1.29 is 9.90 Å². The van der Waals surface area contributed by atoms with Gasteiger partial charge in [0.05, 0.1) is 0 Å². The molecule has 0 aliphatic rings. The standard InChI is InChI=1S/C8H10N2O2/c9-3-1-2-6-4-7(8(11)12)10-5-6/h1-2,4-5,10H,3,9H2,(H,11,12).